The molecule has 1 saturated heterocycles. The largest absolute Gasteiger partial charge is 0.467 e. The van der Waals surface area contributed by atoms with Crippen molar-refractivity contribution < 1.29 is 19.0 Å². The van der Waals surface area contributed by atoms with Crippen LogP contribution in [-0.2, 0) is 19.0 Å². The van der Waals surface area contributed by atoms with Crippen molar-refractivity contribution >= 4 is 5.97 Å². The summed E-state index contributed by atoms with van der Waals surface area (Å²) in [6.07, 6.45) is -0.139. The fourth-order valence-corrected chi connectivity index (χ4v) is 0.709. The zero-order valence-electron chi connectivity index (χ0n) is 5.92. The first-order chi connectivity index (χ1) is 4.74. The van der Waals surface area contributed by atoms with Gasteiger partial charge in [-0.1, -0.05) is 0 Å². The van der Waals surface area contributed by atoms with Crippen LogP contribution < -0.4 is 0 Å². The van der Waals surface area contributed by atoms with Crippen LogP contribution in [0.4, 0.5) is 0 Å². The second-order valence-corrected chi connectivity index (χ2v) is 1.93. The van der Waals surface area contributed by atoms with Crippen molar-refractivity contribution in [2.75, 3.05) is 13.7 Å². The molecule has 0 aromatic rings. The zero-order valence-corrected chi connectivity index (χ0v) is 5.92. The summed E-state index contributed by atoms with van der Waals surface area (Å²) in [5.74, 6) is -0.392. The van der Waals surface area contributed by atoms with Crippen molar-refractivity contribution in [3.8, 4) is 0 Å². The lowest BCUT2D eigenvalue weighted by atomic mass is 10.4. The Labute approximate surface area is 59.1 Å². The molecule has 1 aliphatic heterocycles. The Morgan fingerprint density at radius 2 is 2.50 bits per heavy atom. The first kappa shape index (κ1) is 7.50. The van der Waals surface area contributed by atoms with E-state index < -0.39 is 12.1 Å². The van der Waals surface area contributed by atoms with E-state index in [1.165, 1.54) is 7.11 Å². The topological polar surface area (TPSA) is 44.8 Å². The fourth-order valence-electron chi connectivity index (χ4n) is 0.709. The van der Waals surface area contributed by atoms with Crippen LogP contribution in [0.3, 0.4) is 0 Å². The number of methoxy groups -OCH3 is 1. The molecule has 10 heavy (non-hydrogen) atoms. The van der Waals surface area contributed by atoms with E-state index in [0.717, 1.165) is 0 Å². The Morgan fingerprint density at radius 1 is 1.80 bits per heavy atom. The van der Waals surface area contributed by atoms with Gasteiger partial charge in [-0.3, -0.25) is 0 Å². The Kier molecular flexibility index (Phi) is 2.24. The molecular formula is C6H9O4. The summed E-state index contributed by atoms with van der Waals surface area (Å²) >= 11 is 0. The molecule has 0 saturated carbocycles. The smallest absolute Gasteiger partial charge is 0.337 e. The van der Waals surface area contributed by atoms with Crippen LogP contribution in [0.5, 0.6) is 0 Å². The van der Waals surface area contributed by atoms with Crippen molar-refractivity contribution in [1.82, 2.24) is 0 Å². The van der Waals surface area contributed by atoms with Gasteiger partial charge in [0, 0.05) is 0 Å². The molecule has 0 bridgehead atoms. The minimum Gasteiger partial charge on any atom is -0.467 e. The quantitative estimate of drug-likeness (QED) is 0.490. The summed E-state index contributed by atoms with van der Waals surface area (Å²) in [6, 6.07) is 0. The first-order valence-electron chi connectivity index (χ1n) is 2.95. The number of carbonyl (C=O) groups is 1. The van der Waals surface area contributed by atoms with Gasteiger partial charge in [-0.2, -0.15) is 0 Å². The van der Waals surface area contributed by atoms with Gasteiger partial charge in [0.2, 0.25) is 6.29 Å². The van der Waals surface area contributed by atoms with Gasteiger partial charge < -0.3 is 14.2 Å². The van der Waals surface area contributed by atoms with Crippen molar-refractivity contribution in [1.29, 1.82) is 0 Å². The minimum absolute atomic E-state index is 0.262. The Bertz CT molecular complexity index is 134. The third-order valence-corrected chi connectivity index (χ3v) is 1.21. The number of carbonyl (C=O) groups excluding carboxylic acids is 1. The number of hydrogen-bond donors (Lipinski definition) is 0. The van der Waals surface area contributed by atoms with Gasteiger partial charge in [0.05, 0.1) is 13.7 Å². The highest BCUT2D eigenvalue weighted by molar-refractivity contribution is 5.75. The van der Waals surface area contributed by atoms with Gasteiger partial charge >= 0.3 is 5.97 Å². The number of esters is 1. The Balaban J connectivity index is 2.37. The lowest BCUT2D eigenvalue weighted by Crippen LogP contribution is -2.23. The fraction of sp³-hybridized carbons (Fsp3) is 0.667. The molecule has 0 N–H and O–H groups in total. The third-order valence-electron chi connectivity index (χ3n) is 1.21. The predicted octanol–water partition coefficient (Wildman–Crippen LogP) is 0.0842. The summed E-state index contributed by atoms with van der Waals surface area (Å²) < 4.78 is 14.2. The van der Waals surface area contributed by atoms with Crippen molar-refractivity contribution in [3.63, 3.8) is 0 Å². The molecule has 1 heterocycles. The molecule has 57 valence electrons. The third kappa shape index (κ3) is 1.46. The standard InChI is InChI=1S/C6H9O4/c1-4-9-3-5(10-4)6(7)8-2/h5H,3H2,1-2H3. The SMILES string of the molecule is COC(=O)C1CO[C](C)O1. The predicted molar refractivity (Wildman–Crippen MR) is 31.8 cm³/mol. The molecule has 1 unspecified atom stereocenters. The van der Waals surface area contributed by atoms with E-state index in [2.05, 4.69) is 4.74 Å². The van der Waals surface area contributed by atoms with Crippen LogP contribution in [0.2, 0.25) is 0 Å². The highest BCUT2D eigenvalue weighted by atomic mass is 16.7. The number of ether oxygens (including phenoxy) is 3. The molecule has 4 heteroatoms. The van der Waals surface area contributed by atoms with E-state index >= 15 is 0 Å². The summed E-state index contributed by atoms with van der Waals surface area (Å²) in [7, 11) is 1.32. The van der Waals surface area contributed by atoms with Crippen molar-refractivity contribution in [2.24, 2.45) is 0 Å². The molecule has 0 spiro atoms. The molecule has 1 atom stereocenters. The van der Waals surface area contributed by atoms with Crippen LogP contribution in [0.15, 0.2) is 0 Å². The minimum atomic E-state index is -0.565. The molecular weight excluding hydrogens is 136 g/mol. The van der Waals surface area contributed by atoms with Gasteiger partial charge in [0.25, 0.3) is 0 Å². The van der Waals surface area contributed by atoms with Crippen LogP contribution in [0.1, 0.15) is 6.92 Å². The van der Waals surface area contributed by atoms with E-state index in [1.807, 2.05) is 0 Å². The van der Waals surface area contributed by atoms with Gasteiger partial charge in [-0.05, 0) is 6.92 Å². The molecule has 1 rings (SSSR count). The normalized spacial score (nSPS) is 26.8. The summed E-state index contributed by atoms with van der Waals surface area (Å²) in [6.45, 7) is 1.92. The Morgan fingerprint density at radius 3 is 2.90 bits per heavy atom. The van der Waals surface area contributed by atoms with Crippen molar-refractivity contribution in [3.05, 3.63) is 6.29 Å². The molecule has 0 amide bonds. The second-order valence-electron chi connectivity index (χ2n) is 1.93. The van der Waals surface area contributed by atoms with E-state index in [1.54, 1.807) is 6.92 Å². The average molecular weight is 145 g/mol. The zero-order chi connectivity index (χ0) is 7.56. The van der Waals surface area contributed by atoms with Gasteiger partial charge in [-0.15, -0.1) is 0 Å². The van der Waals surface area contributed by atoms with E-state index in [-0.39, 0.29) is 6.61 Å². The van der Waals surface area contributed by atoms with Crippen LogP contribution in [0.25, 0.3) is 0 Å². The molecule has 1 aliphatic rings. The maximum Gasteiger partial charge on any atom is 0.337 e. The first-order valence-corrected chi connectivity index (χ1v) is 2.95. The summed E-state index contributed by atoms with van der Waals surface area (Å²) in [4.78, 5) is 10.7. The van der Waals surface area contributed by atoms with Crippen LogP contribution in [-0.4, -0.2) is 25.8 Å². The van der Waals surface area contributed by atoms with Crippen molar-refractivity contribution in [2.45, 2.75) is 13.0 Å². The lowest BCUT2D eigenvalue weighted by Gasteiger charge is -2.03. The van der Waals surface area contributed by atoms with Gasteiger partial charge in [-0.25, -0.2) is 4.79 Å². The maximum atomic E-state index is 10.7. The molecule has 0 aliphatic carbocycles. The van der Waals surface area contributed by atoms with Crippen LogP contribution in [0, 0.1) is 6.29 Å². The Hall–Kier alpha value is -0.610. The van der Waals surface area contributed by atoms with Gasteiger partial charge in [0.1, 0.15) is 0 Å². The maximum absolute atomic E-state index is 10.7. The molecule has 4 nitrogen and oxygen atoms in total. The summed E-state index contributed by atoms with van der Waals surface area (Å²) in [5.41, 5.74) is 0. The summed E-state index contributed by atoms with van der Waals surface area (Å²) in [5, 5.41) is 0. The molecule has 1 radical (unpaired) electrons. The number of hydrogen-bond acceptors (Lipinski definition) is 4. The molecule has 0 aromatic heterocycles. The highest BCUT2D eigenvalue weighted by Crippen LogP contribution is 2.17. The second kappa shape index (κ2) is 2.98. The highest BCUT2D eigenvalue weighted by Gasteiger charge is 2.30. The van der Waals surface area contributed by atoms with E-state index in [9.17, 15) is 4.79 Å². The van der Waals surface area contributed by atoms with E-state index in [4.69, 9.17) is 9.47 Å². The molecule has 0 aromatic carbocycles. The molecule has 1 fully saturated rings. The number of rotatable bonds is 1. The average Bonchev–Trinajstić information content (AvgIpc) is 2.34. The van der Waals surface area contributed by atoms with Crippen LogP contribution >= 0.6 is 0 Å². The van der Waals surface area contributed by atoms with E-state index in [0.29, 0.717) is 6.29 Å². The lowest BCUT2D eigenvalue weighted by molar-refractivity contribution is -0.150. The monoisotopic (exact) mass is 145 g/mol. The van der Waals surface area contributed by atoms with Gasteiger partial charge in [0.15, 0.2) is 6.10 Å².